The zero-order valence-electron chi connectivity index (χ0n) is 19.1. The predicted octanol–water partition coefficient (Wildman–Crippen LogP) is 4.53. The molecule has 0 unspecified atom stereocenters. The highest BCUT2D eigenvalue weighted by atomic mass is 32.2. The van der Waals surface area contributed by atoms with E-state index in [1.165, 1.54) is 26.2 Å². The molecule has 0 amide bonds. The Bertz CT molecular complexity index is 1220. The number of nitrogens with one attached hydrogen (secondary N) is 1. The third kappa shape index (κ3) is 5.66. The summed E-state index contributed by atoms with van der Waals surface area (Å²) in [7, 11) is -3.55. The number of benzene rings is 2. The monoisotopic (exact) mass is 519 g/mol. The number of hydrogen-bond acceptors (Lipinski definition) is 5. The van der Waals surface area contributed by atoms with E-state index in [0.29, 0.717) is 0 Å². The Balaban J connectivity index is 1.97. The van der Waals surface area contributed by atoms with Crippen molar-refractivity contribution in [2.45, 2.75) is 54.1 Å². The van der Waals surface area contributed by atoms with Crippen LogP contribution >= 0.6 is 0 Å². The number of rotatable bonds is 7. The van der Waals surface area contributed by atoms with Crippen LogP contribution in [0.15, 0.2) is 52.3 Å². The number of sulfonamides is 2. The zero-order chi connectivity index (χ0) is 25.3. The molecule has 2 aromatic carbocycles. The van der Waals surface area contributed by atoms with Crippen LogP contribution in [0, 0.1) is 0 Å². The zero-order valence-corrected chi connectivity index (χ0v) is 20.8. The van der Waals surface area contributed by atoms with Crippen molar-refractivity contribution < 1.29 is 30.0 Å². The molecule has 0 radical (unpaired) electrons. The summed E-state index contributed by atoms with van der Waals surface area (Å²) in [6, 6.07) is 7.54. The Morgan fingerprint density at radius 2 is 1.41 bits per heavy atom. The Kier molecular flexibility index (Phi) is 7.54. The highest BCUT2D eigenvalue weighted by Gasteiger charge is 2.33. The average molecular weight is 520 g/mol. The lowest BCUT2D eigenvalue weighted by atomic mass is 9.94. The van der Waals surface area contributed by atoms with Gasteiger partial charge in [-0.1, -0.05) is 19.3 Å². The maximum Gasteiger partial charge on any atom is 0.416 e. The quantitative estimate of drug-likeness (QED) is 0.581. The lowest BCUT2D eigenvalue weighted by molar-refractivity contribution is -0.137. The number of halogens is 3. The maximum absolute atomic E-state index is 13.4. The first kappa shape index (κ1) is 26.3. The van der Waals surface area contributed by atoms with Gasteiger partial charge in [0.15, 0.2) is 0 Å². The number of nitrogens with zero attached hydrogens (tertiary/aromatic N) is 2. The van der Waals surface area contributed by atoms with E-state index in [9.17, 15) is 30.0 Å². The van der Waals surface area contributed by atoms with E-state index in [2.05, 4.69) is 4.72 Å². The van der Waals surface area contributed by atoms with E-state index >= 15 is 0 Å². The first-order valence-electron chi connectivity index (χ1n) is 10.7. The van der Waals surface area contributed by atoms with Crippen LogP contribution in [0.1, 0.15) is 37.7 Å². The maximum atomic E-state index is 13.4. The summed E-state index contributed by atoms with van der Waals surface area (Å²) < 4.78 is 94.1. The van der Waals surface area contributed by atoms with Crippen LogP contribution in [0.4, 0.5) is 24.5 Å². The van der Waals surface area contributed by atoms with Gasteiger partial charge in [-0.15, -0.1) is 0 Å². The van der Waals surface area contributed by atoms with Gasteiger partial charge in [-0.05, 0) is 55.3 Å². The van der Waals surface area contributed by atoms with Crippen LogP contribution in [0.25, 0.3) is 0 Å². The molecule has 188 valence electrons. The summed E-state index contributed by atoms with van der Waals surface area (Å²) >= 11 is 0. The molecular formula is C22H28F3N3O4S2. The lowest BCUT2D eigenvalue weighted by Gasteiger charge is -2.34. The predicted molar refractivity (Wildman–Crippen MR) is 125 cm³/mol. The second-order valence-corrected chi connectivity index (χ2v) is 12.3. The van der Waals surface area contributed by atoms with Gasteiger partial charge in [-0.25, -0.2) is 21.1 Å². The molecule has 2 aromatic rings. The largest absolute Gasteiger partial charge is 0.416 e. The first-order valence-corrected chi connectivity index (χ1v) is 13.7. The second-order valence-electron chi connectivity index (χ2n) is 8.50. The van der Waals surface area contributed by atoms with Gasteiger partial charge in [0.2, 0.25) is 10.0 Å². The SMILES string of the molecule is CN(c1cc(C(F)(F)F)ccc1NS(=O)(=O)c1ccc(S(=O)(=O)N(C)C)cc1)C1CCCCC1. The van der Waals surface area contributed by atoms with Gasteiger partial charge in [0.25, 0.3) is 10.0 Å². The standard InChI is InChI=1S/C22H28F3N3O4S2/c1-27(2)34(31,32)19-12-10-18(11-13-19)33(29,30)26-20-14-9-16(22(23,24)25)15-21(20)28(3)17-7-5-4-6-8-17/h9-15,17,26H,4-8H2,1-3H3. The molecule has 1 saturated carbocycles. The van der Waals surface area contributed by atoms with E-state index in [4.69, 9.17) is 0 Å². The molecule has 1 fully saturated rings. The van der Waals surface area contributed by atoms with E-state index in [1.54, 1.807) is 11.9 Å². The fraction of sp³-hybridized carbons (Fsp3) is 0.455. The van der Waals surface area contributed by atoms with Crippen molar-refractivity contribution in [2.24, 2.45) is 0 Å². The fourth-order valence-corrected chi connectivity index (χ4v) is 5.93. The molecule has 1 aliphatic carbocycles. The Labute approximate surface area is 198 Å². The van der Waals surface area contributed by atoms with Crippen molar-refractivity contribution in [1.29, 1.82) is 0 Å². The minimum atomic E-state index is -4.58. The van der Waals surface area contributed by atoms with Crippen LogP contribution in [0.5, 0.6) is 0 Å². The van der Waals surface area contributed by atoms with Crippen molar-refractivity contribution in [1.82, 2.24) is 4.31 Å². The van der Waals surface area contributed by atoms with Gasteiger partial charge in [0, 0.05) is 27.2 Å². The highest BCUT2D eigenvalue weighted by Crippen LogP contribution is 2.38. The number of hydrogen-bond donors (Lipinski definition) is 1. The smallest absolute Gasteiger partial charge is 0.370 e. The minimum Gasteiger partial charge on any atom is -0.370 e. The molecule has 0 spiro atoms. The average Bonchev–Trinajstić information content (AvgIpc) is 2.78. The number of anilines is 2. The van der Waals surface area contributed by atoms with Crippen molar-refractivity contribution >= 4 is 31.4 Å². The van der Waals surface area contributed by atoms with E-state index in [0.717, 1.165) is 66.7 Å². The van der Waals surface area contributed by atoms with Crippen LogP contribution < -0.4 is 9.62 Å². The minimum absolute atomic E-state index is 0.00369. The van der Waals surface area contributed by atoms with Crippen LogP contribution in [0.3, 0.4) is 0 Å². The van der Waals surface area contributed by atoms with Crippen LogP contribution in [-0.2, 0) is 26.2 Å². The van der Waals surface area contributed by atoms with E-state index in [-0.39, 0.29) is 27.2 Å². The lowest BCUT2D eigenvalue weighted by Crippen LogP contribution is -2.34. The van der Waals surface area contributed by atoms with E-state index in [1.807, 2.05) is 0 Å². The molecule has 1 N–H and O–H groups in total. The Morgan fingerprint density at radius 1 is 0.853 bits per heavy atom. The van der Waals surface area contributed by atoms with Gasteiger partial charge in [-0.3, -0.25) is 4.72 Å². The molecule has 1 aliphatic rings. The molecule has 12 heteroatoms. The molecule has 0 aromatic heterocycles. The highest BCUT2D eigenvalue weighted by molar-refractivity contribution is 7.92. The topological polar surface area (TPSA) is 86.8 Å². The van der Waals surface area contributed by atoms with Gasteiger partial charge in [-0.2, -0.15) is 13.2 Å². The summed E-state index contributed by atoms with van der Waals surface area (Å²) in [5.74, 6) is 0. The molecule has 0 aliphatic heterocycles. The Hall–Kier alpha value is -2.31. The normalized spacial score (nSPS) is 16.0. The van der Waals surface area contributed by atoms with Crippen molar-refractivity contribution in [3.63, 3.8) is 0 Å². The Morgan fingerprint density at radius 3 is 1.94 bits per heavy atom. The molecule has 0 bridgehead atoms. The molecule has 0 atom stereocenters. The molecule has 34 heavy (non-hydrogen) atoms. The summed E-state index contributed by atoms with van der Waals surface area (Å²) in [6.07, 6.45) is 0.00916. The van der Waals surface area contributed by atoms with Crippen molar-refractivity contribution in [2.75, 3.05) is 30.8 Å². The van der Waals surface area contributed by atoms with Crippen molar-refractivity contribution in [3.05, 3.63) is 48.0 Å². The van der Waals surface area contributed by atoms with Crippen LogP contribution in [-0.4, -0.2) is 48.3 Å². The molecule has 0 saturated heterocycles. The summed E-state index contributed by atoms with van der Waals surface area (Å²) in [4.78, 5) is 1.42. The van der Waals surface area contributed by atoms with Gasteiger partial charge in [0.05, 0.1) is 26.7 Å². The fourth-order valence-electron chi connectivity index (χ4n) is 3.96. The van der Waals surface area contributed by atoms with Gasteiger partial charge in [0.1, 0.15) is 0 Å². The summed E-state index contributed by atoms with van der Waals surface area (Å²) in [5.41, 5.74) is -0.713. The summed E-state index contributed by atoms with van der Waals surface area (Å²) in [5, 5.41) is 0. The molecule has 0 heterocycles. The van der Waals surface area contributed by atoms with Gasteiger partial charge < -0.3 is 4.90 Å². The molecular weight excluding hydrogens is 491 g/mol. The summed E-state index contributed by atoms with van der Waals surface area (Å²) in [6.45, 7) is 0. The first-order chi connectivity index (χ1) is 15.7. The second kappa shape index (κ2) is 9.74. The molecule has 7 nitrogen and oxygen atoms in total. The van der Waals surface area contributed by atoms with Gasteiger partial charge >= 0.3 is 6.18 Å². The van der Waals surface area contributed by atoms with Crippen molar-refractivity contribution in [3.8, 4) is 0 Å². The van der Waals surface area contributed by atoms with Crippen LogP contribution in [0.2, 0.25) is 0 Å². The third-order valence-electron chi connectivity index (χ3n) is 5.98. The van der Waals surface area contributed by atoms with E-state index < -0.39 is 31.8 Å². The number of alkyl halides is 3. The third-order valence-corrected chi connectivity index (χ3v) is 9.20. The molecule has 3 rings (SSSR count).